The average Bonchev–Trinajstić information content (AvgIpc) is 2.50. The molecule has 2 aromatic rings. The van der Waals surface area contributed by atoms with Crippen molar-refractivity contribution in [2.24, 2.45) is 0 Å². The molecule has 0 atom stereocenters. The van der Waals surface area contributed by atoms with Gasteiger partial charge in [-0.25, -0.2) is 9.69 Å². The van der Waals surface area contributed by atoms with Crippen molar-refractivity contribution in [3.63, 3.8) is 0 Å². The number of carbonyl (C=O) groups is 2. The number of aryl methyl sites for hydroxylation is 1. The van der Waals surface area contributed by atoms with Gasteiger partial charge in [-0.05, 0) is 31.2 Å². The lowest BCUT2D eigenvalue weighted by molar-refractivity contribution is -0.118. The highest BCUT2D eigenvalue weighted by molar-refractivity contribution is 6.21. The molecule has 1 fully saturated rings. The van der Waals surface area contributed by atoms with Crippen LogP contribution in [0.5, 0.6) is 0 Å². The maximum absolute atomic E-state index is 12.7. The van der Waals surface area contributed by atoms with Crippen molar-refractivity contribution >= 4 is 23.3 Å². The fourth-order valence-corrected chi connectivity index (χ4v) is 2.44. The number of benzene rings is 2. The van der Waals surface area contributed by atoms with Crippen molar-refractivity contribution in [2.45, 2.75) is 13.3 Å². The van der Waals surface area contributed by atoms with Gasteiger partial charge in [0.05, 0.1) is 5.69 Å². The molecule has 0 aliphatic carbocycles. The van der Waals surface area contributed by atoms with Gasteiger partial charge >= 0.3 is 6.03 Å². The zero-order valence-electron chi connectivity index (χ0n) is 11.8. The summed E-state index contributed by atoms with van der Waals surface area (Å²) in [6, 6.07) is 16.5. The largest absolute Gasteiger partial charge is 0.335 e. The molecule has 106 valence electrons. The van der Waals surface area contributed by atoms with Crippen LogP contribution in [-0.4, -0.2) is 18.5 Å². The number of hydrogen-bond acceptors (Lipinski definition) is 2. The van der Waals surface area contributed by atoms with Gasteiger partial charge in [0.1, 0.15) is 0 Å². The second kappa shape index (κ2) is 5.40. The summed E-state index contributed by atoms with van der Waals surface area (Å²) >= 11 is 0. The molecule has 1 aliphatic heterocycles. The highest BCUT2D eigenvalue weighted by Gasteiger charge is 2.33. The van der Waals surface area contributed by atoms with E-state index in [0.717, 1.165) is 11.3 Å². The lowest BCUT2D eigenvalue weighted by Crippen LogP contribution is -2.52. The van der Waals surface area contributed by atoms with E-state index in [4.69, 9.17) is 0 Å². The Hall–Kier alpha value is -2.62. The normalized spacial score (nSPS) is 15.5. The summed E-state index contributed by atoms with van der Waals surface area (Å²) in [6.45, 7) is 2.42. The lowest BCUT2D eigenvalue weighted by atomic mass is 10.1. The van der Waals surface area contributed by atoms with Gasteiger partial charge in [0.25, 0.3) is 0 Å². The number of anilines is 2. The van der Waals surface area contributed by atoms with Gasteiger partial charge in [0, 0.05) is 18.7 Å². The molecule has 1 aliphatic rings. The topological polar surface area (TPSA) is 40.6 Å². The molecule has 3 rings (SSSR count). The van der Waals surface area contributed by atoms with Crippen LogP contribution in [-0.2, 0) is 4.79 Å². The van der Waals surface area contributed by atoms with Gasteiger partial charge in [-0.1, -0.05) is 35.9 Å². The second-order valence-electron chi connectivity index (χ2n) is 5.08. The quantitative estimate of drug-likeness (QED) is 0.846. The Morgan fingerprint density at radius 1 is 0.857 bits per heavy atom. The third-order valence-corrected chi connectivity index (χ3v) is 3.58. The Labute approximate surface area is 123 Å². The number of rotatable bonds is 2. The molecule has 21 heavy (non-hydrogen) atoms. The molecule has 0 unspecified atom stereocenters. The van der Waals surface area contributed by atoms with E-state index in [1.165, 1.54) is 4.90 Å². The van der Waals surface area contributed by atoms with Gasteiger partial charge in [-0.3, -0.25) is 9.69 Å². The predicted molar refractivity (Wildman–Crippen MR) is 82.5 cm³/mol. The molecule has 0 saturated carbocycles. The minimum Gasteiger partial charge on any atom is -0.293 e. The summed E-state index contributed by atoms with van der Waals surface area (Å²) in [5, 5.41) is 0. The van der Waals surface area contributed by atoms with E-state index in [-0.39, 0.29) is 11.9 Å². The molecule has 0 bridgehead atoms. The summed E-state index contributed by atoms with van der Waals surface area (Å²) in [4.78, 5) is 27.7. The van der Waals surface area contributed by atoms with Gasteiger partial charge in [0.15, 0.2) is 0 Å². The Kier molecular flexibility index (Phi) is 3.44. The number of imide groups is 1. The number of amides is 3. The highest BCUT2D eigenvalue weighted by atomic mass is 16.2. The SMILES string of the molecule is Cc1ccc(N2CCC(=O)N(c3ccccc3)C2=O)cc1. The molecule has 2 aromatic carbocycles. The standard InChI is InChI=1S/C17H16N2O2/c1-13-7-9-14(10-8-13)18-12-11-16(20)19(17(18)21)15-5-3-2-4-6-15/h2-10H,11-12H2,1H3. The maximum atomic E-state index is 12.7. The van der Waals surface area contributed by atoms with Gasteiger partial charge in [-0.15, -0.1) is 0 Å². The third kappa shape index (κ3) is 2.52. The Bertz CT molecular complexity index is 665. The fraction of sp³-hybridized carbons (Fsp3) is 0.176. The minimum absolute atomic E-state index is 0.158. The lowest BCUT2D eigenvalue weighted by Gasteiger charge is -2.34. The maximum Gasteiger partial charge on any atom is 0.335 e. The summed E-state index contributed by atoms with van der Waals surface area (Å²) < 4.78 is 0. The van der Waals surface area contributed by atoms with Gasteiger partial charge in [0.2, 0.25) is 5.91 Å². The van der Waals surface area contributed by atoms with Crippen LogP contribution in [0.25, 0.3) is 0 Å². The van der Waals surface area contributed by atoms with Crippen molar-refractivity contribution < 1.29 is 9.59 Å². The van der Waals surface area contributed by atoms with Crippen molar-refractivity contribution in [3.05, 3.63) is 60.2 Å². The first-order valence-electron chi connectivity index (χ1n) is 6.93. The summed E-state index contributed by atoms with van der Waals surface area (Å²) in [5.74, 6) is -0.158. The number of urea groups is 1. The van der Waals surface area contributed by atoms with Crippen LogP contribution in [0.4, 0.5) is 16.2 Å². The minimum atomic E-state index is -0.290. The van der Waals surface area contributed by atoms with Crippen molar-refractivity contribution in [3.8, 4) is 0 Å². The van der Waals surface area contributed by atoms with Crippen molar-refractivity contribution in [2.75, 3.05) is 16.3 Å². The molecule has 0 radical (unpaired) electrons. The summed E-state index contributed by atoms with van der Waals surface area (Å²) in [5.41, 5.74) is 2.57. The molecular weight excluding hydrogens is 264 g/mol. The Morgan fingerprint density at radius 3 is 2.19 bits per heavy atom. The molecule has 0 spiro atoms. The average molecular weight is 280 g/mol. The van der Waals surface area contributed by atoms with Crippen LogP contribution in [0.1, 0.15) is 12.0 Å². The van der Waals surface area contributed by atoms with E-state index in [1.54, 1.807) is 17.0 Å². The zero-order chi connectivity index (χ0) is 14.8. The molecule has 3 amide bonds. The molecule has 4 nitrogen and oxygen atoms in total. The molecule has 4 heteroatoms. The van der Waals surface area contributed by atoms with Crippen LogP contribution in [0, 0.1) is 6.92 Å². The second-order valence-corrected chi connectivity index (χ2v) is 5.08. The van der Waals surface area contributed by atoms with Crippen molar-refractivity contribution in [1.82, 2.24) is 0 Å². The van der Waals surface area contributed by atoms with E-state index in [1.807, 2.05) is 49.4 Å². The van der Waals surface area contributed by atoms with Crippen LogP contribution in [0.3, 0.4) is 0 Å². The third-order valence-electron chi connectivity index (χ3n) is 3.58. The first kappa shape index (κ1) is 13.4. The van der Waals surface area contributed by atoms with Crippen LogP contribution < -0.4 is 9.80 Å². The first-order valence-corrected chi connectivity index (χ1v) is 6.93. The zero-order valence-corrected chi connectivity index (χ0v) is 11.8. The summed E-state index contributed by atoms with van der Waals surface area (Å²) in [7, 11) is 0. The van der Waals surface area contributed by atoms with Crippen LogP contribution in [0.15, 0.2) is 54.6 Å². The fourth-order valence-electron chi connectivity index (χ4n) is 2.44. The predicted octanol–water partition coefficient (Wildman–Crippen LogP) is 3.36. The molecule has 1 heterocycles. The summed E-state index contributed by atoms with van der Waals surface area (Å²) in [6.07, 6.45) is 0.328. The number of hydrogen-bond donors (Lipinski definition) is 0. The van der Waals surface area contributed by atoms with Crippen LogP contribution >= 0.6 is 0 Å². The Balaban J connectivity index is 1.93. The van der Waals surface area contributed by atoms with E-state index in [9.17, 15) is 9.59 Å². The number of para-hydroxylation sites is 1. The highest BCUT2D eigenvalue weighted by Crippen LogP contribution is 2.25. The van der Waals surface area contributed by atoms with Gasteiger partial charge in [-0.2, -0.15) is 0 Å². The van der Waals surface area contributed by atoms with Gasteiger partial charge < -0.3 is 0 Å². The van der Waals surface area contributed by atoms with Crippen LogP contribution in [0.2, 0.25) is 0 Å². The van der Waals surface area contributed by atoms with E-state index in [0.29, 0.717) is 18.7 Å². The van der Waals surface area contributed by atoms with E-state index < -0.39 is 0 Å². The molecular formula is C17H16N2O2. The monoisotopic (exact) mass is 280 g/mol. The molecule has 0 aromatic heterocycles. The first-order chi connectivity index (χ1) is 10.2. The molecule has 0 N–H and O–H groups in total. The number of carbonyl (C=O) groups excluding carboxylic acids is 2. The number of nitrogens with zero attached hydrogens (tertiary/aromatic N) is 2. The smallest absolute Gasteiger partial charge is 0.293 e. The Morgan fingerprint density at radius 2 is 1.52 bits per heavy atom. The molecule has 1 saturated heterocycles. The van der Waals surface area contributed by atoms with E-state index in [2.05, 4.69) is 0 Å². The van der Waals surface area contributed by atoms with Crippen molar-refractivity contribution in [1.29, 1.82) is 0 Å². The van der Waals surface area contributed by atoms with E-state index >= 15 is 0 Å².